The van der Waals surface area contributed by atoms with Gasteiger partial charge in [0.25, 0.3) is 0 Å². The lowest BCUT2D eigenvalue weighted by molar-refractivity contribution is -0.299. The number of carbonyl (C=O) groups is 2. The molecule has 0 amide bonds. The predicted octanol–water partition coefficient (Wildman–Crippen LogP) is 8.16. The molecule has 1 saturated heterocycles. The summed E-state index contributed by atoms with van der Waals surface area (Å²) in [5, 5.41) is 3.82. The quantitative estimate of drug-likeness (QED) is 0.0534. The van der Waals surface area contributed by atoms with E-state index in [9.17, 15) is 9.59 Å². The number of rotatable bonds is 29. The second kappa shape index (κ2) is 26.4. The van der Waals surface area contributed by atoms with Crippen LogP contribution in [0.1, 0.15) is 156 Å². The van der Waals surface area contributed by atoms with E-state index in [2.05, 4.69) is 5.32 Å². The van der Waals surface area contributed by atoms with Crippen molar-refractivity contribution in [1.29, 1.82) is 0 Å². The minimum absolute atomic E-state index is 0.00768. The van der Waals surface area contributed by atoms with Crippen LogP contribution < -0.4 is 5.32 Å². The van der Waals surface area contributed by atoms with Gasteiger partial charge < -0.3 is 10.1 Å². The van der Waals surface area contributed by atoms with Gasteiger partial charge in [-0.2, -0.15) is 9.78 Å². The molecule has 1 aliphatic rings. The van der Waals surface area contributed by atoms with Gasteiger partial charge in [0.15, 0.2) is 0 Å². The zero-order valence-electron chi connectivity index (χ0n) is 26.9. The Morgan fingerprint density at radius 1 is 0.634 bits per heavy atom. The van der Waals surface area contributed by atoms with Crippen LogP contribution in [0.5, 0.6) is 0 Å². The van der Waals surface area contributed by atoms with Gasteiger partial charge in [0, 0.05) is 31.3 Å². The van der Waals surface area contributed by atoms with Crippen molar-refractivity contribution < 1.29 is 33.9 Å². The second-order valence-corrected chi connectivity index (χ2v) is 11.8. The van der Waals surface area contributed by atoms with Gasteiger partial charge in [-0.3, -0.25) is 9.78 Å². The maximum Gasteiger partial charge on any atom is 0.342 e. The van der Waals surface area contributed by atoms with E-state index in [0.29, 0.717) is 24.8 Å². The van der Waals surface area contributed by atoms with Crippen molar-refractivity contribution in [3.05, 3.63) is 0 Å². The smallest absolute Gasteiger partial charge is 0.342 e. The Balaban J connectivity index is 2.06. The van der Waals surface area contributed by atoms with E-state index in [1.165, 1.54) is 64.2 Å². The largest absolute Gasteiger partial charge is 0.381 e. The molecule has 0 saturated carbocycles. The van der Waals surface area contributed by atoms with E-state index in [1.54, 1.807) is 0 Å². The van der Waals surface area contributed by atoms with Crippen molar-refractivity contribution >= 4 is 11.9 Å². The SMILES string of the molecule is CCC(CC)OOC(=O)CCCCCCCCC(CCCCCCCCC(=O)OOC(CC)CC)NCC1COC1. The Hall–Kier alpha value is -1.22. The minimum Gasteiger partial charge on any atom is -0.381 e. The summed E-state index contributed by atoms with van der Waals surface area (Å²) in [4.78, 5) is 43.8. The fraction of sp³-hybridized carbons (Fsp3) is 0.939. The number of unbranched alkanes of at least 4 members (excludes halogenated alkanes) is 10. The van der Waals surface area contributed by atoms with Crippen LogP contribution in [0.4, 0.5) is 0 Å². The first-order chi connectivity index (χ1) is 20.0. The molecule has 1 rings (SSSR count). The molecule has 0 atom stereocenters. The van der Waals surface area contributed by atoms with E-state index in [1.807, 2.05) is 27.7 Å². The summed E-state index contributed by atoms with van der Waals surface area (Å²) in [5.41, 5.74) is 0. The van der Waals surface area contributed by atoms with E-state index < -0.39 is 0 Å². The summed E-state index contributed by atoms with van der Waals surface area (Å²) in [7, 11) is 0. The number of ether oxygens (including phenoxy) is 1. The van der Waals surface area contributed by atoms with Crippen LogP contribution in [0, 0.1) is 5.92 Å². The molecule has 0 radical (unpaired) electrons. The van der Waals surface area contributed by atoms with Crippen molar-refractivity contribution in [1.82, 2.24) is 5.32 Å². The number of hydrogen-bond acceptors (Lipinski definition) is 8. The maximum atomic E-state index is 11.8. The number of nitrogens with one attached hydrogen (secondary N) is 1. The van der Waals surface area contributed by atoms with E-state index in [-0.39, 0.29) is 24.1 Å². The summed E-state index contributed by atoms with van der Waals surface area (Å²) >= 11 is 0. The average molecular weight is 586 g/mol. The Bertz CT molecular complexity index is 577. The van der Waals surface area contributed by atoms with Crippen LogP contribution in [0.25, 0.3) is 0 Å². The van der Waals surface area contributed by atoms with Crippen molar-refractivity contribution in [2.24, 2.45) is 5.92 Å². The van der Waals surface area contributed by atoms with Gasteiger partial charge >= 0.3 is 11.9 Å². The molecule has 1 heterocycles. The van der Waals surface area contributed by atoms with E-state index in [0.717, 1.165) is 71.1 Å². The molecule has 0 aromatic carbocycles. The lowest BCUT2D eigenvalue weighted by atomic mass is 9.99. The molecule has 0 spiro atoms. The van der Waals surface area contributed by atoms with Crippen LogP contribution in [0.15, 0.2) is 0 Å². The molecule has 1 fully saturated rings. The molecule has 8 heteroatoms. The molecular formula is C33H63NO7. The van der Waals surface area contributed by atoms with Crippen LogP contribution >= 0.6 is 0 Å². The number of hydrogen-bond donors (Lipinski definition) is 1. The molecule has 0 unspecified atom stereocenters. The first kappa shape index (κ1) is 37.8. The Morgan fingerprint density at radius 2 is 1.02 bits per heavy atom. The van der Waals surface area contributed by atoms with Crippen molar-refractivity contribution in [2.75, 3.05) is 19.8 Å². The third-order valence-corrected chi connectivity index (χ3v) is 8.14. The molecule has 1 N–H and O–H groups in total. The van der Waals surface area contributed by atoms with Crippen LogP contribution in [-0.4, -0.2) is 49.9 Å². The van der Waals surface area contributed by atoms with Gasteiger partial charge in [0.2, 0.25) is 0 Å². The van der Waals surface area contributed by atoms with E-state index in [4.69, 9.17) is 24.3 Å². The summed E-state index contributed by atoms with van der Waals surface area (Å²) < 4.78 is 5.34. The summed E-state index contributed by atoms with van der Waals surface area (Å²) in [5.74, 6) is 0.187. The lowest BCUT2D eigenvalue weighted by Crippen LogP contribution is -2.41. The molecule has 0 aromatic rings. The first-order valence-electron chi connectivity index (χ1n) is 17.1. The van der Waals surface area contributed by atoms with E-state index >= 15 is 0 Å². The highest BCUT2D eigenvalue weighted by Crippen LogP contribution is 2.17. The molecule has 41 heavy (non-hydrogen) atoms. The molecule has 0 aliphatic carbocycles. The lowest BCUT2D eigenvalue weighted by Gasteiger charge is -2.29. The minimum atomic E-state index is -0.245. The highest BCUT2D eigenvalue weighted by Gasteiger charge is 2.19. The van der Waals surface area contributed by atoms with Gasteiger partial charge in [-0.15, -0.1) is 0 Å². The molecule has 1 aliphatic heterocycles. The van der Waals surface area contributed by atoms with Gasteiger partial charge in [-0.1, -0.05) is 91.9 Å². The van der Waals surface area contributed by atoms with Gasteiger partial charge in [-0.25, -0.2) is 9.59 Å². The third-order valence-electron chi connectivity index (χ3n) is 8.14. The normalized spacial score (nSPS) is 13.7. The van der Waals surface area contributed by atoms with Crippen molar-refractivity contribution in [2.45, 2.75) is 174 Å². The highest BCUT2D eigenvalue weighted by atomic mass is 17.2. The fourth-order valence-corrected chi connectivity index (χ4v) is 4.99. The van der Waals surface area contributed by atoms with Crippen LogP contribution in [-0.2, 0) is 33.9 Å². The Morgan fingerprint density at radius 3 is 1.39 bits per heavy atom. The maximum absolute atomic E-state index is 11.8. The molecular weight excluding hydrogens is 522 g/mol. The topological polar surface area (TPSA) is 92.3 Å². The molecule has 8 nitrogen and oxygen atoms in total. The van der Waals surface area contributed by atoms with Crippen molar-refractivity contribution in [3.8, 4) is 0 Å². The Kier molecular flexibility index (Phi) is 24.4. The third kappa shape index (κ3) is 21.2. The van der Waals surface area contributed by atoms with Gasteiger partial charge in [0.1, 0.15) is 12.2 Å². The summed E-state index contributed by atoms with van der Waals surface area (Å²) in [6.07, 6.45) is 20.4. The molecule has 0 bridgehead atoms. The van der Waals surface area contributed by atoms with Gasteiger partial charge in [-0.05, 0) is 51.4 Å². The Labute approximate surface area is 251 Å². The van der Waals surface area contributed by atoms with Crippen LogP contribution in [0.2, 0.25) is 0 Å². The monoisotopic (exact) mass is 585 g/mol. The standard InChI is InChI=1S/C33H63NO7/c1-5-30(6-2)38-40-32(35)23-19-15-11-9-13-17-21-29(34-25-28-26-37-27-28)22-18-14-10-12-16-20-24-33(36)41-39-31(7-3)8-4/h28-31,34H,5-27H2,1-4H3. The highest BCUT2D eigenvalue weighted by molar-refractivity contribution is 5.68. The van der Waals surface area contributed by atoms with Crippen LogP contribution in [0.3, 0.4) is 0 Å². The second-order valence-electron chi connectivity index (χ2n) is 11.8. The molecule has 242 valence electrons. The zero-order chi connectivity index (χ0) is 30.0. The van der Waals surface area contributed by atoms with Crippen molar-refractivity contribution in [3.63, 3.8) is 0 Å². The summed E-state index contributed by atoms with van der Waals surface area (Å²) in [6.45, 7) is 11.0. The summed E-state index contributed by atoms with van der Waals surface area (Å²) in [6, 6.07) is 0.588. The predicted molar refractivity (Wildman–Crippen MR) is 163 cm³/mol. The van der Waals surface area contributed by atoms with Gasteiger partial charge in [0.05, 0.1) is 13.2 Å². The number of carbonyl (C=O) groups excluding carboxylic acids is 2. The fourth-order valence-electron chi connectivity index (χ4n) is 4.99. The molecule has 0 aromatic heterocycles. The first-order valence-corrected chi connectivity index (χ1v) is 17.1. The zero-order valence-corrected chi connectivity index (χ0v) is 26.9. The average Bonchev–Trinajstić information content (AvgIpc) is 2.95.